The van der Waals surface area contributed by atoms with Gasteiger partial charge in [-0.05, 0) is 17.2 Å². The molecule has 78 valence electrons. The molecular weight excluding hydrogens is 197 g/mol. The topological polar surface area (TPSA) is 43.1 Å². The average molecular weight is 209 g/mol. The molecule has 0 fully saturated rings. The molecule has 3 heteroatoms. The Morgan fingerprint density at radius 1 is 1.00 bits per heavy atom. The molecule has 0 aliphatic heterocycles. The van der Waals surface area contributed by atoms with E-state index in [4.69, 9.17) is 5.73 Å². The first-order chi connectivity index (χ1) is 7.70. The molecular formula is C13H12BNO. The minimum Gasteiger partial charge on any atom is -0.399 e. The van der Waals surface area contributed by atoms with Crippen molar-refractivity contribution in [2.75, 3.05) is 5.73 Å². The van der Waals surface area contributed by atoms with Crippen molar-refractivity contribution in [1.29, 1.82) is 0 Å². The maximum atomic E-state index is 10.5. The van der Waals surface area contributed by atoms with Gasteiger partial charge in [0.2, 0.25) is 0 Å². The molecule has 2 aromatic carbocycles. The Kier molecular flexibility index (Phi) is 2.77. The summed E-state index contributed by atoms with van der Waals surface area (Å²) in [6.45, 7) is 0. The molecule has 2 nitrogen and oxygen atoms in total. The van der Waals surface area contributed by atoms with Crippen LogP contribution >= 0.6 is 0 Å². The number of nitrogen functional groups attached to an aromatic ring is 1. The van der Waals surface area contributed by atoms with Gasteiger partial charge < -0.3 is 5.73 Å². The Morgan fingerprint density at radius 2 is 1.62 bits per heavy atom. The van der Waals surface area contributed by atoms with Gasteiger partial charge in [-0.15, -0.1) is 0 Å². The second kappa shape index (κ2) is 4.23. The first kappa shape index (κ1) is 10.5. The van der Waals surface area contributed by atoms with E-state index in [-0.39, 0.29) is 0 Å². The highest BCUT2D eigenvalue weighted by Crippen LogP contribution is 2.19. The first-order valence-corrected chi connectivity index (χ1v) is 5.12. The molecule has 16 heavy (non-hydrogen) atoms. The van der Waals surface area contributed by atoms with Crippen molar-refractivity contribution in [3.05, 3.63) is 48.0 Å². The average Bonchev–Trinajstić information content (AvgIpc) is 2.33. The van der Waals surface area contributed by atoms with E-state index < -0.39 is 0 Å². The summed E-state index contributed by atoms with van der Waals surface area (Å²) in [7, 11) is 1.98. The molecule has 0 saturated carbocycles. The lowest BCUT2D eigenvalue weighted by atomic mass is 9.90. The quantitative estimate of drug-likeness (QED) is 0.455. The molecule has 2 aromatic rings. The minimum atomic E-state index is 0.691. The lowest BCUT2D eigenvalue weighted by Gasteiger charge is -2.05. The van der Waals surface area contributed by atoms with Gasteiger partial charge in [-0.2, -0.15) is 0 Å². The standard InChI is InChI=1S/C13H12BNO/c14-12-7-11(5-6-13(12)15)10-3-1-9(8-16)2-4-10/h1-8H,14-15H2. The van der Waals surface area contributed by atoms with E-state index in [0.717, 1.165) is 28.6 Å². The van der Waals surface area contributed by atoms with Crippen LogP contribution in [0.1, 0.15) is 10.4 Å². The van der Waals surface area contributed by atoms with Gasteiger partial charge in [0, 0.05) is 11.3 Å². The van der Waals surface area contributed by atoms with Gasteiger partial charge in [0.1, 0.15) is 14.1 Å². The number of hydrogen-bond acceptors (Lipinski definition) is 2. The van der Waals surface area contributed by atoms with Crippen LogP contribution in [0.5, 0.6) is 0 Å². The summed E-state index contributed by atoms with van der Waals surface area (Å²) in [6.07, 6.45) is 0.845. The zero-order valence-electron chi connectivity index (χ0n) is 9.10. The van der Waals surface area contributed by atoms with E-state index in [0.29, 0.717) is 5.56 Å². The Balaban J connectivity index is 2.42. The minimum absolute atomic E-state index is 0.691. The van der Waals surface area contributed by atoms with Crippen LogP contribution in [0.3, 0.4) is 0 Å². The third-order valence-electron chi connectivity index (χ3n) is 2.65. The largest absolute Gasteiger partial charge is 0.399 e. The Morgan fingerprint density at radius 3 is 2.19 bits per heavy atom. The normalized spacial score (nSPS) is 10.0. The van der Waals surface area contributed by atoms with Crippen molar-refractivity contribution in [1.82, 2.24) is 0 Å². The highest BCUT2D eigenvalue weighted by molar-refractivity contribution is 6.36. The van der Waals surface area contributed by atoms with Gasteiger partial charge in [-0.25, -0.2) is 0 Å². The maximum absolute atomic E-state index is 10.5. The van der Waals surface area contributed by atoms with Crippen LogP contribution in [0.4, 0.5) is 5.69 Å². The van der Waals surface area contributed by atoms with E-state index >= 15 is 0 Å². The zero-order chi connectivity index (χ0) is 11.5. The molecule has 0 aliphatic rings. The molecule has 0 spiro atoms. The third kappa shape index (κ3) is 1.98. The number of carbonyl (C=O) groups is 1. The lowest BCUT2D eigenvalue weighted by Crippen LogP contribution is -2.09. The predicted molar refractivity (Wildman–Crippen MR) is 69.9 cm³/mol. The van der Waals surface area contributed by atoms with Gasteiger partial charge in [0.05, 0.1) is 0 Å². The molecule has 0 aromatic heterocycles. The van der Waals surface area contributed by atoms with Gasteiger partial charge in [-0.1, -0.05) is 41.9 Å². The Labute approximate surface area is 95.5 Å². The van der Waals surface area contributed by atoms with Crippen molar-refractivity contribution >= 4 is 25.3 Å². The van der Waals surface area contributed by atoms with Crippen molar-refractivity contribution in [3.63, 3.8) is 0 Å². The summed E-state index contributed by atoms with van der Waals surface area (Å²) in [4.78, 5) is 10.5. The van der Waals surface area contributed by atoms with Crippen LogP contribution < -0.4 is 11.2 Å². The van der Waals surface area contributed by atoms with Crippen molar-refractivity contribution in [3.8, 4) is 11.1 Å². The monoisotopic (exact) mass is 209 g/mol. The summed E-state index contributed by atoms with van der Waals surface area (Å²) < 4.78 is 0. The highest BCUT2D eigenvalue weighted by Gasteiger charge is 2.00. The summed E-state index contributed by atoms with van der Waals surface area (Å²) in [6, 6.07) is 13.4. The van der Waals surface area contributed by atoms with Crippen molar-refractivity contribution < 1.29 is 4.79 Å². The lowest BCUT2D eigenvalue weighted by molar-refractivity contribution is 0.112. The molecule has 0 heterocycles. The van der Waals surface area contributed by atoms with Crippen LogP contribution in [-0.2, 0) is 0 Å². The number of nitrogens with two attached hydrogens (primary N) is 1. The molecule has 0 bridgehead atoms. The number of anilines is 1. The molecule has 2 rings (SSSR count). The van der Waals surface area contributed by atoms with Crippen molar-refractivity contribution in [2.24, 2.45) is 0 Å². The van der Waals surface area contributed by atoms with E-state index in [1.807, 2.05) is 50.3 Å². The smallest absolute Gasteiger partial charge is 0.150 e. The second-order valence-electron chi connectivity index (χ2n) is 3.81. The van der Waals surface area contributed by atoms with E-state index in [9.17, 15) is 4.79 Å². The highest BCUT2D eigenvalue weighted by atomic mass is 16.1. The predicted octanol–water partition coefficient (Wildman–Crippen LogP) is 1.01. The summed E-state index contributed by atoms with van der Waals surface area (Å²) in [5.74, 6) is 0. The zero-order valence-corrected chi connectivity index (χ0v) is 9.10. The molecule has 0 saturated heterocycles. The van der Waals surface area contributed by atoms with E-state index in [1.165, 1.54) is 0 Å². The van der Waals surface area contributed by atoms with Crippen LogP contribution in [0, 0.1) is 0 Å². The molecule has 2 N–H and O–H groups in total. The van der Waals surface area contributed by atoms with Crippen LogP contribution in [0.25, 0.3) is 11.1 Å². The SMILES string of the molecule is Bc1cc(-c2ccc(C=O)cc2)ccc1N. The summed E-state index contributed by atoms with van der Waals surface area (Å²) in [5, 5.41) is 0. The molecule has 0 radical (unpaired) electrons. The first-order valence-electron chi connectivity index (χ1n) is 5.12. The van der Waals surface area contributed by atoms with E-state index in [1.54, 1.807) is 0 Å². The molecule has 0 atom stereocenters. The van der Waals surface area contributed by atoms with E-state index in [2.05, 4.69) is 0 Å². The Hall–Kier alpha value is -2.03. The fourth-order valence-electron chi connectivity index (χ4n) is 1.61. The van der Waals surface area contributed by atoms with Gasteiger partial charge in [0.25, 0.3) is 0 Å². The number of hydrogen-bond donors (Lipinski definition) is 1. The van der Waals surface area contributed by atoms with Crippen LogP contribution in [-0.4, -0.2) is 14.1 Å². The van der Waals surface area contributed by atoms with Gasteiger partial charge in [-0.3, -0.25) is 4.79 Å². The van der Waals surface area contributed by atoms with Gasteiger partial charge >= 0.3 is 0 Å². The van der Waals surface area contributed by atoms with Crippen molar-refractivity contribution in [2.45, 2.75) is 0 Å². The number of rotatable bonds is 2. The fourth-order valence-corrected chi connectivity index (χ4v) is 1.61. The molecule has 0 amide bonds. The third-order valence-corrected chi connectivity index (χ3v) is 2.65. The van der Waals surface area contributed by atoms with Gasteiger partial charge in [0.15, 0.2) is 0 Å². The molecule has 0 unspecified atom stereocenters. The fraction of sp³-hybridized carbons (Fsp3) is 0. The summed E-state index contributed by atoms with van der Waals surface area (Å²) >= 11 is 0. The maximum Gasteiger partial charge on any atom is 0.150 e. The second-order valence-corrected chi connectivity index (χ2v) is 3.81. The summed E-state index contributed by atoms with van der Waals surface area (Å²) in [5.41, 5.74) is 10.5. The number of benzene rings is 2. The number of aldehydes is 1. The Bertz CT molecular complexity index is 520. The number of carbonyl (C=O) groups excluding carboxylic acids is 1. The van der Waals surface area contributed by atoms with Crippen LogP contribution in [0.2, 0.25) is 0 Å². The molecule has 0 aliphatic carbocycles. The van der Waals surface area contributed by atoms with Crippen LogP contribution in [0.15, 0.2) is 42.5 Å².